The van der Waals surface area contributed by atoms with Crippen molar-refractivity contribution in [1.82, 2.24) is 9.38 Å². The lowest BCUT2D eigenvalue weighted by Crippen LogP contribution is -2.12. The van der Waals surface area contributed by atoms with Crippen molar-refractivity contribution < 1.29 is 4.79 Å². The van der Waals surface area contributed by atoms with Crippen LogP contribution in [0.5, 0.6) is 0 Å². The Morgan fingerprint density at radius 3 is 2.55 bits per heavy atom. The molecule has 100 valence electrons. The third kappa shape index (κ3) is 2.40. The topological polar surface area (TPSA) is 46.4 Å². The van der Waals surface area contributed by atoms with Crippen molar-refractivity contribution in [3.8, 4) is 0 Å². The molecule has 3 rings (SSSR count). The molecule has 3 aromatic rings. The Morgan fingerprint density at radius 1 is 1.05 bits per heavy atom. The maximum absolute atomic E-state index is 12.1. The number of nitrogens with zero attached hydrogens (tertiary/aromatic N) is 2. The second-order valence-corrected chi connectivity index (χ2v) is 4.89. The van der Waals surface area contributed by atoms with Gasteiger partial charge in [-0.2, -0.15) is 0 Å². The standard InChI is InChI=1S/C16H15N3O/c1-11-3-5-13(6-4-11)16(20)18-14-7-8-15-17-12(2)9-19(15)10-14/h3-10H,1-2H3,(H,18,20). The molecule has 0 unspecified atom stereocenters. The van der Waals surface area contributed by atoms with Gasteiger partial charge in [0, 0.05) is 18.0 Å². The molecule has 4 heteroatoms. The van der Waals surface area contributed by atoms with Crippen LogP contribution in [0.4, 0.5) is 5.69 Å². The van der Waals surface area contributed by atoms with E-state index in [2.05, 4.69) is 10.3 Å². The van der Waals surface area contributed by atoms with Crippen molar-refractivity contribution in [3.63, 3.8) is 0 Å². The number of benzene rings is 1. The molecule has 0 fully saturated rings. The number of rotatable bonds is 2. The number of carbonyl (C=O) groups is 1. The van der Waals surface area contributed by atoms with E-state index in [0.29, 0.717) is 5.56 Å². The highest BCUT2D eigenvalue weighted by molar-refractivity contribution is 6.04. The Labute approximate surface area is 117 Å². The Morgan fingerprint density at radius 2 is 1.80 bits per heavy atom. The van der Waals surface area contributed by atoms with Crippen molar-refractivity contribution in [3.05, 3.63) is 65.6 Å². The van der Waals surface area contributed by atoms with E-state index < -0.39 is 0 Å². The zero-order valence-corrected chi connectivity index (χ0v) is 11.4. The normalized spacial score (nSPS) is 10.7. The average Bonchev–Trinajstić information content (AvgIpc) is 2.78. The molecule has 0 bridgehead atoms. The average molecular weight is 265 g/mol. The van der Waals surface area contributed by atoms with Crippen molar-refractivity contribution in [2.24, 2.45) is 0 Å². The zero-order valence-electron chi connectivity index (χ0n) is 11.4. The summed E-state index contributed by atoms with van der Waals surface area (Å²) < 4.78 is 1.90. The first-order valence-electron chi connectivity index (χ1n) is 6.45. The van der Waals surface area contributed by atoms with Crippen molar-refractivity contribution in [2.45, 2.75) is 13.8 Å². The van der Waals surface area contributed by atoms with E-state index in [1.54, 1.807) is 0 Å². The van der Waals surface area contributed by atoms with Gasteiger partial charge in [0.15, 0.2) is 0 Å². The van der Waals surface area contributed by atoms with Crippen LogP contribution < -0.4 is 5.32 Å². The van der Waals surface area contributed by atoms with Crippen LogP contribution in [0.3, 0.4) is 0 Å². The van der Waals surface area contributed by atoms with Crippen LogP contribution in [0.25, 0.3) is 5.65 Å². The van der Waals surface area contributed by atoms with Crippen molar-refractivity contribution in [2.75, 3.05) is 5.32 Å². The zero-order chi connectivity index (χ0) is 14.1. The molecule has 1 aromatic carbocycles. The molecule has 20 heavy (non-hydrogen) atoms. The fraction of sp³-hybridized carbons (Fsp3) is 0.125. The van der Waals surface area contributed by atoms with Gasteiger partial charge in [-0.25, -0.2) is 4.98 Å². The quantitative estimate of drug-likeness (QED) is 0.773. The molecule has 4 nitrogen and oxygen atoms in total. The molecule has 0 atom stereocenters. The van der Waals surface area contributed by atoms with E-state index in [-0.39, 0.29) is 5.91 Å². The number of aryl methyl sites for hydroxylation is 2. The summed E-state index contributed by atoms with van der Waals surface area (Å²) in [6.07, 6.45) is 3.79. The summed E-state index contributed by atoms with van der Waals surface area (Å²) in [5.74, 6) is -0.110. The first kappa shape index (κ1) is 12.4. The monoisotopic (exact) mass is 265 g/mol. The number of nitrogens with one attached hydrogen (secondary N) is 1. The smallest absolute Gasteiger partial charge is 0.255 e. The number of pyridine rings is 1. The Bertz CT molecular complexity index is 772. The number of hydrogen-bond donors (Lipinski definition) is 1. The lowest BCUT2D eigenvalue weighted by molar-refractivity contribution is 0.102. The van der Waals surface area contributed by atoms with Gasteiger partial charge in [-0.1, -0.05) is 17.7 Å². The highest BCUT2D eigenvalue weighted by Gasteiger charge is 2.06. The van der Waals surface area contributed by atoms with Gasteiger partial charge in [0.25, 0.3) is 5.91 Å². The fourth-order valence-corrected chi connectivity index (χ4v) is 2.10. The molecule has 0 radical (unpaired) electrons. The van der Waals surface area contributed by atoms with E-state index in [9.17, 15) is 4.79 Å². The summed E-state index contributed by atoms with van der Waals surface area (Å²) in [6, 6.07) is 11.2. The van der Waals surface area contributed by atoms with E-state index in [1.807, 2.05) is 67.0 Å². The van der Waals surface area contributed by atoms with Crippen molar-refractivity contribution >= 4 is 17.2 Å². The lowest BCUT2D eigenvalue weighted by Gasteiger charge is -2.06. The number of carbonyl (C=O) groups excluding carboxylic acids is 1. The molecule has 2 heterocycles. The van der Waals surface area contributed by atoms with Gasteiger partial charge in [-0.3, -0.25) is 4.79 Å². The van der Waals surface area contributed by atoms with E-state index in [0.717, 1.165) is 22.6 Å². The van der Waals surface area contributed by atoms with Crippen LogP contribution in [0.1, 0.15) is 21.6 Å². The molecule has 2 aromatic heterocycles. The van der Waals surface area contributed by atoms with E-state index >= 15 is 0 Å². The number of amides is 1. The summed E-state index contributed by atoms with van der Waals surface area (Å²) in [5.41, 5.74) is 4.36. The number of aromatic nitrogens is 2. The van der Waals surface area contributed by atoms with Crippen LogP contribution in [-0.4, -0.2) is 15.3 Å². The van der Waals surface area contributed by atoms with Crippen LogP contribution in [0.15, 0.2) is 48.8 Å². The molecule has 1 N–H and O–H groups in total. The van der Waals surface area contributed by atoms with Crippen LogP contribution in [0, 0.1) is 13.8 Å². The second kappa shape index (κ2) is 4.81. The molecule has 0 aliphatic rings. The number of imidazole rings is 1. The second-order valence-electron chi connectivity index (χ2n) is 4.89. The Kier molecular flexibility index (Phi) is 2.99. The van der Waals surface area contributed by atoms with Crippen molar-refractivity contribution in [1.29, 1.82) is 0 Å². The number of fused-ring (bicyclic) bond motifs is 1. The summed E-state index contributed by atoms with van der Waals surface area (Å²) >= 11 is 0. The first-order chi connectivity index (χ1) is 9.61. The molecule has 0 saturated heterocycles. The predicted molar refractivity (Wildman–Crippen MR) is 79.1 cm³/mol. The van der Waals surface area contributed by atoms with Crippen LogP contribution >= 0.6 is 0 Å². The van der Waals surface area contributed by atoms with Gasteiger partial charge in [0.05, 0.1) is 11.4 Å². The molecule has 0 saturated carbocycles. The molecule has 1 amide bonds. The van der Waals surface area contributed by atoms with E-state index in [1.165, 1.54) is 0 Å². The minimum atomic E-state index is -0.110. The molecule has 0 aliphatic carbocycles. The summed E-state index contributed by atoms with van der Waals surface area (Å²) in [6.45, 7) is 3.94. The summed E-state index contributed by atoms with van der Waals surface area (Å²) in [4.78, 5) is 16.5. The van der Waals surface area contributed by atoms with Crippen LogP contribution in [-0.2, 0) is 0 Å². The summed E-state index contributed by atoms with van der Waals surface area (Å²) in [5, 5.41) is 2.89. The predicted octanol–water partition coefficient (Wildman–Crippen LogP) is 3.20. The number of hydrogen-bond acceptors (Lipinski definition) is 2. The largest absolute Gasteiger partial charge is 0.321 e. The van der Waals surface area contributed by atoms with Gasteiger partial charge < -0.3 is 9.72 Å². The molecular weight excluding hydrogens is 250 g/mol. The summed E-state index contributed by atoms with van der Waals surface area (Å²) in [7, 11) is 0. The SMILES string of the molecule is Cc1ccc(C(=O)Nc2ccc3nc(C)cn3c2)cc1. The Balaban J connectivity index is 1.84. The first-order valence-corrected chi connectivity index (χ1v) is 6.45. The molecule has 0 aliphatic heterocycles. The van der Waals surface area contributed by atoms with Gasteiger partial charge in [-0.05, 0) is 38.1 Å². The fourth-order valence-electron chi connectivity index (χ4n) is 2.10. The molecule has 0 spiro atoms. The van der Waals surface area contributed by atoms with Crippen LogP contribution in [0.2, 0.25) is 0 Å². The third-order valence-corrected chi connectivity index (χ3v) is 3.14. The van der Waals surface area contributed by atoms with Gasteiger partial charge >= 0.3 is 0 Å². The maximum Gasteiger partial charge on any atom is 0.255 e. The minimum Gasteiger partial charge on any atom is -0.321 e. The van der Waals surface area contributed by atoms with E-state index in [4.69, 9.17) is 0 Å². The third-order valence-electron chi connectivity index (χ3n) is 3.14. The highest BCUT2D eigenvalue weighted by atomic mass is 16.1. The highest BCUT2D eigenvalue weighted by Crippen LogP contribution is 2.13. The molecular formula is C16H15N3O. The minimum absolute atomic E-state index is 0.110. The van der Waals surface area contributed by atoms with Gasteiger partial charge in [0.1, 0.15) is 5.65 Å². The number of anilines is 1. The van der Waals surface area contributed by atoms with Gasteiger partial charge in [0.2, 0.25) is 0 Å². The maximum atomic E-state index is 12.1. The Hall–Kier alpha value is -2.62. The lowest BCUT2D eigenvalue weighted by atomic mass is 10.1. The van der Waals surface area contributed by atoms with Gasteiger partial charge in [-0.15, -0.1) is 0 Å².